The molecule has 0 radical (unpaired) electrons. The molecular weight excluding hydrogens is 178 g/mol. The van der Waals surface area contributed by atoms with Crippen LogP contribution in [0.25, 0.3) is 0 Å². The standard InChI is InChI=1S/C11H11NO2/c13-12(14)11-8-4-7-10(11)9-5-2-1-3-6-9/h1-7,10-11H,8H2/t10-,11+/m1/s1. The third-order valence-electron chi connectivity index (χ3n) is 2.59. The molecule has 0 aliphatic heterocycles. The lowest BCUT2D eigenvalue weighted by molar-refractivity contribution is -0.522. The number of benzene rings is 1. The van der Waals surface area contributed by atoms with E-state index >= 15 is 0 Å². The van der Waals surface area contributed by atoms with E-state index in [0.29, 0.717) is 6.42 Å². The van der Waals surface area contributed by atoms with Crippen LogP contribution < -0.4 is 0 Å². The highest BCUT2D eigenvalue weighted by atomic mass is 16.6. The van der Waals surface area contributed by atoms with Gasteiger partial charge >= 0.3 is 0 Å². The van der Waals surface area contributed by atoms with Gasteiger partial charge in [0, 0.05) is 11.3 Å². The average molecular weight is 189 g/mol. The molecule has 1 aliphatic rings. The highest BCUT2D eigenvalue weighted by molar-refractivity contribution is 5.28. The summed E-state index contributed by atoms with van der Waals surface area (Å²) in [6.45, 7) is 0. The highest BCUT2D eigenvalue weighted by Gasteiger charge is 2.33. The molecule has 1 aliphatic carbocycles. The van der Waals surface area contributed by atoms with Gasteiger partial charge in [-0.15, -0.1) is 0 Å². The van der Waals surface area contributed by atoms with Crippen LogP contribution >= 0.6 is 0 Å². The van der Waals surface area contributed by atoms with E-state index in [-0.39, 0.29) is 10.8 Å². The molecule has 3 heteroatoms. The Hall–Kier alpha value is -1.64. The number of hydrogen-bond acceptors (Lipinski definition) is 2. The topological polar surface area (TPSA) is 43.1 Å². The van der Waals surface area contributed by atoms with Gasteiger partial charge in [-0.25, -0.2) is 0 Å². The molecule has 0 amide bonds. The van der Waals surface area contributed by atoms with Crippen molar-refractivity contribution < 1.29 is 4.92 Å². The summed E-state index contributed by atoms with van der Waals surface area (Å²) >= 11 is 0. The molecule has 72 valence electrons. The van der Waals surface area contributed by atoms with E-state index in [1.54, 1.807) is 0 Å². The first-order chi connectivity index (χ1) is 6.79. The second-order valence-corrected chi connectivity index (χ2v) is 3.45. The minimum absolute atomic E-state index is 0.0498. The summed E-state index contributed by atoms with van der Waals surface area (Å²) in [4.78, 5) is 10.6. The maximum atomic E-state index is 10.8. The van der Waals surface area contributed by atoms with Gasteiger partial charge in [-0.05, 0) is 5.56 Å². The molecule has 1 aromatic rings. The lowest BCUT2D eigenvalue weighted by Crippen LogP contribution is -2.22. The van der Waals surface area contributed by atoms with Crippen LogP contribution in [0.4, 0.5) is 0 Å². The van der Waals surface area contributed by atoms with Crippen LogP contribution in [0.5, 0.6) is 0 Å². The molecule has 2 rings (SSSR count). The average Bonchev–Trinajstić information content (AvgIpc) is 2.67. The summed E-state index contributed by atoms with van der Waals surface area (Å²) in [5.41, 5.74) is 1.03. The molecule has 0 N–H and O–H groups in total. The Morgan fingerprint density at radius 3 is 2.64 bits per heavy atom. The third-order valence-corrected chi connectivity index (χ3v) is 2.59. The summed E-state index contributed by atoms with van der Waals surface area (Å²) in [6, 6.07) is 9.16. The van der Waals surface area contributed by atoms with Crippen LogP contribution in [0, 0.1) is 10.1 Å². The number of hydrogen-bond donors (Lipinski definition) is 0. The molecule has 0 spiro atoms. The van der Waals surface area contributed by atoms with Gasteiger partial charge in [0.1, 0.15) is 0 Å². The monoisotopic (exact) mass is 189 g/mol. The van der Waals surface area contributed by atoms with E-state index < -0.39 is 6.04 Å². The minimum atomic E-state index is -0.475. The molecule has 0 unspecified atom stereocenters. The Kier molecular flexibility index (Phi) is 2.31. The molecule has 3 nitrogen and oxygen atoms in total. The molecule has 1 aromatic carbocycles. The summed E-state index contributed by atoms with van der Waals surface area (Å²) < 4.78 is 0. The Labute approximate surface area is 82.2 Å². The lowest BCUT2D eigenvalue weighted by atomic mass is 9.95. The SMILES string of the molecule is O=[N+]([O-])[C@H]1CC=C[C@@H]1c1ccccc1. The Morgan fingerprint density at radius 2 is 2.00 bits per heavy atom. The van der Waals surface area contributed by atoms with Crippen LogP contribution in [-0.4, -0.2) is 11.0 Å². The smallest absolute Gasteiger partial charge is 0.226 e. The highest BCUT2D eigenvalue weighted by Crippen LogP contribution is 2.30. The first-order valence-electron chi connectivity index (χ1n) is 4.64. The van der Waals surface area contributed by atoms with Crippen molar-refractivity contribution in [3.8, 4) is 0 Å². The van der Waals surface area contributed by atoms with E-state index in [9.17, 15) is 10.1 Å². The van der Waals surface area contributed by atoms with Crippen LogP contribution in [0.2, 0.25) is 0 Å². The minimum Gasteiger partial charge on any atom is -0.264 e. The predicted molar refractivity (Wildman–Crippen MR) is 53.7 cm³/mol. The molecule has 0 bridgehead atoms. The largest absolute Gasteiger partial charge is 0.264 e. The van der Waals surface area contributed by atoms with E-state index in [4.69, 9.17) is 0 Å². The maximum absolute atomic E-state index is 10.8. The van der Waals surface area contributed by atoms with E-state index in [1.807, 2.05) is 42.5 Å². The van der Waals surface area contributed by atoms with Gasteiger partial charge in [-0.1, -0.05) is 42.5 Å². The third kappa shape index (κ3) is 1.53. The molecule has 0 aromatic heterocycles. The first kappa shape index (κ1) is 8.94. The van der Waals surface area contributed by atoms with Crippen LogP contribution in [0.1, 0.15) is 17.9 Å². The van der Waals surface area contributed by atoms with Gasteiger partial charge < -0.3 is 0 Å². The van der Waals surface area contributed by atoms with Crippen molar-refractivity contribution in [3.63, 3.8) is 0 Å². The Balaban J connectivity index is 2.26. The van der Waals surface area contributed by atoms with Crippen molar-refractivity contribution in [2.45, 2.75) is 18.4 Å². The molecular formula is C11H11NO2. The number of rotatable bonds is 2. The van der Waals surface area contributed by atoms with Gasteiger partial charge in [0.2, 0.25) is 6.04 Å². The Morgan fingerprint density at radius 1 is 1.29 bits per heavy atom. The lowest BCUT2D eigenvalue weighted by Gasteiger charge is -2.12. The second-order valence-electron chi connectivity index (χ2n) is 3.45. The molecule has 0 fully saturated rings. The molecule has 0 saturated carbocycles. The zero-order valence-electron chi connectivity index (χ0n) is 7.67. The number of nitro groups is 1. The van der Waals surface area contributed by atoms with Crippen molar-refractivity contribution in [1.29, 1.82) is 0 Å². The van der Waals surface area contributed by atoms with Crippen molar-refractivity contribution in [3.05, 3.63) is 58.2 Å². The van der Waals surface area contributed by atoms with Gasteiger partial charge in [0.15, 0.2) is 0 Å². The summed E-state index contributed by atoms with van der Waals surface area (Å²) in [6.07, 6.45) is 4.38. The fourth-order valence-corrected chi connectivity index (χ4v) is 1.87. The molecule has 14 heavy (non-hydrogen) atoms. The zero-order chi connectivity index (χ0) is 9.97. The van der Waals surface area contributed by atoms with Crippen LogP contribution in [-0.2, 0) is 0 Å². The van der Waals surface area contributed by atoms with Crippen molar-refractivity contribution >= 4 is 0 Å². The summed E-state index contributed by atoms with van der Waals surface area (Å²) in [5, 5.41) is 10.8. The van der Waals surface area contributed by atoms with Gasteiger partial charge in [0.05, 0.1) is 5.92 Å². The van der Waals surface area contributed by atoms with Gasteiger partial charge in [-0.3, -0.25) is 10.1 Å². The zero-order valence-corrected chi connectivity index (χ0v) is 7.67. The van der Waals surface area contributed by atoms with Crippen LogP contribution in [0.15, 0.2) is 42.5 Å². The number of nitrogens with zero attached hydrogens (tertiary/aromatic N) is 1. The van der Waals surface area contributed by atoms with Gasteiger partial charge in [0.25, 0.3) is 0 Å². The second kappa shape index (κ2) is 3.62. The molecule has 0 heterocycles. The van der Waals surface area contributed by atoms with Crippen LogP contribution in [0.3, 0.4) is 0 Å². The van der Waals surface area contributed by atoms with Crippen molar-refractivity contribution in [2.24, 2.45) is 0 Å². The predicted octanol–water partition coefficient (Wildman–Crippen LogP) is 2.38. The van der Waals surface area contributed by atoms with E-state index in [2.05, 4.69) is 0 Å². The van der Waals surface area contributed by atoms with Crippen molar-refractivity contribution in [1.82, 2.24) is 0 Å². The van der Waals surface area contributed by atoms with E-state index in [1.165, 1.54) is 0 Å². The Bertz CT molecular complexity index is 359. The maximum Gasteiger partial charge on any atom is 0.226 e. The fourth-order valence-electron chi connectivity index (χ4n) is 1.87. The van der Waals surface area contributed by atoms with Gasteiger partial charge in [-0.2, -0.15) is 0 Å². The first-order valence-corrected chi connectivity index (χ1v) is 4.64. The molecule has 0 saturated heterocycles. The van der Waals surface area contributed by atoms with Crippen molar-refractivity contribution in [2.75, 3.05) is 0 Å². The summed E-state index contributed by atoms with van der Waals surface area (Å²) in [5.74, 6) is -0.0498. The summed E-state index contributed by atoms with van der Waals surface area (Å²) in [7, 11) is 0. The van der Waals surface area contributed by atoms with E-state index in [0.717, 1.165) is 5.56 Å². The molecule has 2 atom stereocenters. The quantitative estimate of drug-likeness (QED) is 0.407. The fraction of sp³-hybridized carbons (Fsp3) is 0.273. The normalized spacial score (nSPS) is 25.1.